The van der Waals surface area contributed by atoms with Gasteiger partial charge in [0.15, 0.2) is 0 Å². The van der Waals surface area contributed by atoms with Crippen molar-refractivity contribution in [1.82, 2.24) is 5.32 Å². The molecule has 0 aromatic carbocycles. The maximum atomic E-state index is 11.7. The zero-order valence-electron chi connectivity index (χ0n) is 8.77. The molecule has 0 aromatic rings. The summed E-state index contributed by atoms with van der Waals surface area (Å²) in [5.74, 6) is -0.311. The minimum Gasteiger partial charge on any atom is -0.370 e. The number of nitrogens with two attached hydrogens (primary N) is 1. The van der Waals surface area contributed by atoms with Gasteiger partial charge < -0.3 is 15.8 Å². The van der Waals surface area contributed by atoms with Crippen molar-refractivity contribution in [3.63, 3.8) is 0 Å². The molecule has 0 aromatic heterocycles. The van der Waals surface area contributed by atoms with Crippen LogP contribution in [0.2, 0.25) is 0 Å². The zero-order chi connectivity index (χ0) is 12.2. The second kappa shape index (κ2) is 5.01. The van der Waals surface area contributed by atoms with Crippen LogP contribution in [-0.2, 0) is 9.53 Å². The Hall–Kier alpha value is -0.820. The van der Waals surface area contributed by atoms with Crippen molar-refractivity contribution in [3.05, 3.63) is 0 Å². The predicted octanol–water partition coefficient (Wildman–Crippen LogP) is 0.563. The Kier molecular flexibility index (Phi) is 4.15. The van der Waals surface area contributed by atoms with E-state index in [1.807, 2.05) is 0 Å². The van der Waals surface area contributed by atoms with Crippen LogP contribution in [0.5, 0.6) is 0 Å². The maximum Gasteiger partial charge on any atom is 0.411 e. The molecule has 1 rings (SSSR count). The van der Waals surface area contributed by atoms with Crippen LogP contribution < -0.4 is 11.1 Å². The number of carbonyl (C=O) groups is 1. The summed E-state index contributed by atoms with van der Waals surface area (Å²) in [5.41, 5.74) is 4.88. The molecule has 1 saturated carbocycles. The molecule has 3 N–H and O–H groups in total. The van der Waals surface area contributed by atoms with Gasteiger partial charge in [-0.2, -0.15) is 13.2 Å². The Bertz CT molecular complexity index is 252. The van der Waals surface area contributed by atoms with E-state index in [1.54, 1.807) is 0 Å². The van der Waals surface area contributed by atoms with E-state index >= 15 is 0 Å². The Balaban J connectivity index is 2.05. The first-order valence-electron chi connectivity index (χ1n) is 5.05. The number of carbonyl (C=O) groups excluding carboxylic acids is 1. The highest BCUT2D eigenvalue weighted by Gasteiger charge is 2.39. The van der Waals surface area contributed by atoms with Gasteiger partial charge in [0.2, 0.25) is 5.91 Å². The molecule has 0 atom stereocenters. The fourth-order valence-corrected chi connectivity index (χ4v) is 1.39. The monoisotopic (exact) mass is 240 g/mol. The first kappa shape index (κ1) is 13.2. The molecule has 16 heavy (non-hydrogen) atoms. The zero-order valence-corrected chi connectivity index (χ0v) is 8.77. The summed E-state index contributed by atoms with van der Waals surface area (Å²) >= 11 is 0. The molecule has 1 aliphatic carbocycles. The van der Waals surface area contributed by atoms with Crippen LogP contribution in [0.4, 0.5) is 13.2 Å². The lowest BCUT2D eigenvalue weighted by molar-refractivity contribution is -0.173. The van der Waals surface area contributed by atoms with E-state index in [-0.39, 0.29) is 19.1 Å². The van der Waals surface area contributed by atoms with Crippen LogP contribution in [-0.4, -0.2) is 37.4 Å². The summed E-state index contributed by atoms with van der Waals surface area (Å²) in [5, 5.41) is 2.46. The highest BCUT2D eigenvalue weighted by atomic mass is 19.4. The third kappa shape index (κ3) is 3.97. The lowest BCUT2D eigenvalue weighted by Crippen LogP contribution is -2.58. The average Bonchev–Trinajstić information content (AvgIpc) is 2.11. The molecule has 0 unspecified atom stereocenters. The van der Waals surface area contributed by atoms with Gasteiger partial charge in [0.25, 0.3) is 0 Å². The standard InChI is InChI=1S/C9H15F3N2O2/c10-9(11,12)6-16-5-4-14-7(15)8(13)2-1-3-8/h1-6,13H2,(H,14,15). The first-order valence-corrected chi connectivity index (χ1v) is 5.05. The van der Waals surface area contributed by atoms with Crippen molar-refractivity contribution in [2.75, 3.05) is 19.8 Å². The normalized spacial score (nSPS) is 19.0. The van der Waals surface area contributed by atoms with Crippen LogP contribution in [0.3, 0.4) is 0 Å². The fraction of sp³-hybridized carbons (Fsp3) is 0.889. The van der Waals surface area contributed by atoms with Crippen LogP contribution in [0, 0.1) is 0 Å². The lowest BCUT2D eigenvalue weighted by Gasteiger charge is -2.36. The van der Waals surface area contributed by atoms with Crippen molar-refractivity contribution in [3.8, 4) is 0 Å². The second-order valence-corrected chi connectivity index (χ2v) is 3.93. The summed E-state index contributed by atoms with van der Waals surface area (Å²) in [6.07, 6.45) is -2.16. The average molecular weight is 240 g/mol. The van der Waals surface area contributed by atoms with Gasteiger partial charge in [-0.1, -0.05) is 0 Å². The third-order valence-corrected chi connectivity index (χ3v) is 2.50. The number of ether oxygens (including phenoxy) is 1. The van der Waals surface area contributed by atoms with E-state index < -0.39 is 18.3 Å². The van der Waals surface area contributed by atoms with Gasteiger partial charge in [-0.15, -0.1) is 0 Å². The van der Waals surface area contributed by atoms with Crippen LogP contribution in [0.1, 0.15) is 19.3 Å². The molecule has 0 bridgehead atoms. The van der Waals surface area contributed by atoms with Crippen LogP contribution >= 0.6 is 0 Å². The predicted molar refractivity (Wildman–Crippen MR) is 50.7 cm³/mol. The van der Waals surface area contributed by atoms with E-state index in [2.05, 4.69) is 10.1 Å². The summed E-state index contributed by atoms with van der Waals surface area (Å²) < 4.78 is 39.3. The quantitative estimate of drug-likeness (QED) is 0.690. The van der Waals surface area contributed by atoms with Gasteiger partial charge in [0, 0.05) is 6.54 Å². The van der Waals surface area contributed by atoms with Crippen molar-refractivity contribution in [1.29, 1.82) is 0 Å². The Labute approximate surface area is 91.3 Å². The summed E-state index contributed by atoms with van der Waals surface area (Å²) in [7, 11) is 0. The van der Waals surface area contributed by atoms with Crippen molar-refractivity contribution in [2.24, 2.45) is 5.73 Å². The molecule has 0 saturated heterocycles. The minimum atomic E-state index is -4.33. The topological polar surface area (TPSA) is 64.4 Å². The Morgan fingerprint density at radius 1 is 1.44 bits per heavy atom. The van der Waals surface area contributed by atoms with Gasteiger partial charge in [0.1, 0.15) is 6.61 Å². The molecule has 1 fully saturated rings. The third-order valence-electron chi connectivity index (χ3n) is 2.50. The SMILES string of the molecule is NC1(C(=O)NCCOCC(F)(F)F)CCC1. The van der Waals surface area contributed by atoms with E-state index in [0.29, 0.717) is 12.8 Å². The summed E-state index contributed by atoms with van der Waals surface area (Å²) in [6, 6.07) is 0. The highest BCUT2D eigenvalue weighted by Crippen LogP contribution is 2.28. The van der Waals surface area contributed by atoms with Gasteiger partial charge in [-0.25, -0.2) is 0 Å². The van der Waals surface area contributed by atoms with Gasteiger partial charge in [-0.3, -0.25) is 4.79 Å². The summed E-state index contributed by atoms with van der Waals surface area (Å²) in [4.78, 5) is 11.4. The highest BCUT2D eigenvalue weighted by molar-refractivity contribution is 5.86. The van der Waals surface area contributed by atoms with Crippen molar-refractivity contribution < 1.29 is 22.7 Å². The number of rotatable bonds is 5. The van der Waals surface area contributed by atoms with E-state index in [0.717, 1.165) is 6.42 Å². The molecule has 94 valence electrons. The number of halogens is 3. The second-order valence-electron chi connectivity index (χ2n) is 3.93. The number of alkyl halides is 3. The molecule has 4 nitrogen and oxygen atoms in total. The number of amides is 1. The van der Waals surface area contributed by atoms with Crippen LogP contribution in [0.25, 0.3) is 0 Å². The smallest absolute Gasteiger partial charge is 0.370 e. The first-order chi connectivity index (χ1) is 7.33. The molecular weight excluding hydrogens is 225 g/mol. The van der Waals surface area contributed by atoms with Gasteiger partial charge >= 0.3 is 6.18 Å². The minimum absolute atomic E-state index is 0.0495. The largest absolute Gasteiger partial charge is 0.411 e. The molecule has 0 spiro atoms. The number of nitrogens with one attached hydrogen (secondary N) is 1. The maximum absolute atomic E-state index is 11.7. The van der Waals surface area contributed by atoms with Crippen LogP contribution in [0.15, 0.2) is 0 Å². The van der Waals surface area contributed by atoms with Gasteiger partial charge in [0.05, 0.1) is 12.1 Å². The number of hydrogen-bond donors (Lipinski definition) is 2. The van der Waals surface area contributed by atoms with E-state index in [4.69, 9.17) is 5.73 Å². The summed E-state index contributed by atoms with van der Waals surface area (Å²) in [6.45, 7) is -1.41. The Morgan fingerprint density at radius 2 is 2.06 bits per heavy atom. The molecular formula is C9H15F3N2O2. The molecule has 1 amide bonds. The van der Waals surface area contributed by atoms with Gasteiger partial charge in [-0.05, 0) is 19.3 Å². The molecule has 0 radical (unpaired) electrons. The molecule has 7 heteroatoms. The number of hydrogen-bond acceptors (Lipinski definition) is 3. The lowest BCUT2D eigenvalue weighted by atomic mass is 9.77. The van der Waals surface area contributed by atoms with Crippen molar-refractivity contribution in [2.45, 2.75) is 31.0 Å². The molecule has 1 aliphatic rings. The Morgan fingerprint density at radius 3 is 2.50 bits per heavy atom. The van der Waals surface area contributed by atoms with E-state index in [9.17, 15) is 18.0 Å². The molecule has 0 heterocycles. The van der Waals surface area contributed by atoms with Crippen molar-refractivity contribution >= 4 is 5.91 Å². The van der Waals surface area contributed by atoms with E-state index in [1.165, 1.54) is 0 Å². The fourth-order valence-electron chi connectivity index (χ4n) is 1.39. The molecule has 0 aliphatic heterocycles.